The molecule has 2 heterocycles. The third-order valence-corrected chi connectivity index (χ3v) is 15.3. The van der Waals surface area contributed by atoms with Gasteiger partial charge >= 0.3 is 0 Å². The lowest BCUT2D eigenvalue weighted by Crippen LogP contribution is -2.26. The molecule has 2 aliphatic rings. The maximum absolute atomic E-state index is 2.50. The number of fused-ring (bicyclic) bond motifs is 15. The predicted molar refractivity (Wildman–Crippen MR) is 282 cm³/mol. The number of aromatic nitrogens is 1. The lowest BCUT2D eigenvalue weighted by Gasteiger charge is -2.33. The number of thiophene rings is 1. The van der Waals surface area contributed by atoms with Crippen LogP contribution in [-0.2, 0) is 5.41 Å². The fourth-order valence-corrected chi connectivity index (χ4v) is 12.9. The van der Waals surface area contributed by atoms with E-state index in [2.05, 4.69) is 263 Å². The highest BCUT2D eigenvalue weighted by molar-refractivity contribution is 7.22. The second-order valence-electron chi connectivity index (χ2n) is 17.6. The van der Waals surface area contributed by atoms with Gasteiger partial charge in [-0.05, 0) is 124 Å². The highest BCUT2D eigenvalue weighted by atomic mass is 32.1. The maximum Gasteiger partial charge on any atom is 0.0741 e. The van der Waals surface area contributed by atoms with Crippen molar-refractivity contribution in [3.8, 4) is 27.3 Å². The second-order valence-corrected chi connectivity index (χ2v) is 18.6. The van der Waals surface area contributed by atoms with Crippen LogP contribution in [0.4, 0.5) is 34.1 Å². The third-order valence-electron chi connectivity index (χ3n) is 14.1. The van der Waals surface area contributed by atoms with Gasteiger partial charge in [-0.25, -0.2) is 0 Å². The van der Waals surface area contributed by atoms with Crippen LogP contribution in [0.2, 0.25) is 0 Å². The van der Waals surface area contributed by atoms with E-state index in [1.165, 1.54) is 81.4 Å². The monoisotopic (exact) mass is 871 g/mol. The van der Waals surface area contributed by atoms with E-state index in [1.54, 1.807) is 0 Å². The zero-order valence-electron chi connectivity index (χ0n) is 36.4. The van der Waals surface area contributed by atoms with Crippen molar-refractivity contribution in [1.29, 1.82) is 0 Å². The molecule has 2 aromatic heterocycles. The minimum Gasteiger partial charge on any atom is -0.310 e. The van der Waals surface area contributed by atoms with Gasteiger partial charge in [-0.1, -0.05) is 158 Å². The molecule has 0 saturated carbocycles. The van der Waals surface area contributed by atoms with E-state index in [-0.39, 0.29) is 0 Å². The average molecular weight is 872 g/mol. The number of benzene rings is 10. The standard InChI is InChI=1S/C63H41N3S/c1-5-21-42(22-6-1)64(43-23-7-2-8-24-43)56-36-19-33-52-59(56)48-30-13-16-32-51(48)63(52)53-34-20-37-57(60(53)62-61(63)49-31-15-18-38-58(49)67-62)65(44-25-9-3-10-26-44)46-39-40-55-50(41-46)47-29-14-17-35-54(47)66(55)45-27-11-4-12-28-45/h1-41H. The maximum atomic E-state index is 2.50. The first-order valence-electron chi connectivity index (χ1n) is 23.0. The Hall–Kier alpha value is -8.44. The van der Waals surface area contributed by atoms with Crippen LogP contribution in [0.5, 0.6) is 0 Å². The van der Waals surface area contributed by atoms with Gasteiger partial charge in [-0.15, -0.1) is 11.3 Å². The summed E-state index contributed by atoms with van der Waals surface area (Å²) >= 11 is 1.93. The van der Waals surface area contributed by atoms with Crippen LogP contribution in [0.25, 0.3) is 59.1 Å². The van der Waals surface area contributed by atoms with Gasteiger partial charge in [0.05, 0.1) is 27.8 Å². The Labute approximate surface area is 393 Å². The number of para-hydroxylation sites is 5. The van der Waals surface area contributed by atoms with Crippen molar-refractivity contribution < 1.29 is 0 Å². The lowest BCUT2D eigenvalue weighted by atomic mass is 9.70. The highest BCUT2D eigenvalue weighted by Gasteiger charge is 2.55. The van der Waals surface area contributed by atoms with E-state index in [1.807, 2.05) is 11.3 Å². The summed E-state index contributed by atoms with van der Waals surface area (Å²) in [6.45, 7) is 0. The molecule has 0 fully saturated rings. The predicted octanol–water partition coefficient (Wildman–Crippen LogP) is 17.3. The van der Waals surface area contributed by atoms with Crippen LogP contribution >= 0.6 is 11.3 Å². The van der Waals surface area contributed by atoms with E-state index >= 15 is 0 Å². The molecule has 0 amide bonds. The van der Waals surface area contributed by atoms with Crippen LogP contribution in [0.15, 0.2) is 249 Å². The van der Waals surface area contributed by atoms with Crippen molar-refractivity contribution in [2.75, 3.05) is 9.80 Å². The summed E-state index contributed by atoms with van der Waals surface area (Å²) in [5.41, 5.74) is 18.9. The third kappa shape index (κ3) is 5.39. The van der Waals surface area contributed by atoms with E-state index in [4.69, 9.17) is 0 Å². The molecular formula is C63H41N3S. The first-order valence-corrected chi connectivity index (χ1v) is 23.8. The number of anilines is 6. The summed E-state index contributed by atoms with van der Waals surface area (Å²) in [4.78, 5) is 6.27. The van der Waals surface area contributed by atoms with Crippen LogP contribution in [0.3, 0.4) is 0 Å². The molecule has 1 atom stereocenters. The van der Waals surface area contributed by atoms with Gasteiger partial charge in [0.1, 0.15) is 0 Å². The zero-order chi connectivity index (χ0) is 44.1. The first-order chi connectivity index (χ1) is 33.3. The van der Waals surface area contributed by atoms with E-state index in [0.29, 0.717) is 0 Å². The summed E-state index contributed by atoms with van der Waals surface area (Å²) in [6.07, 6.45) is 0. The van der Waals surface area contributed by atoms with Crippen molar-refractivity contribution in [2.45, 2.75) is 5.41 Å². The molecule has 14 rings (SSSR count). The Bertz CT molecular complexity index is 3830. The SMILES string of the molecule is c1ccc(N(c2ccccc2)c2cccc3c2-c2ccccc2C32c3cccc(N(c4ccccc4)c4ccc5c(c4)c4ccccc4n5-c4ccccc4)c3-c3sc4ccccc4c32)cc1. The van der Waals surface area contributed by atoms with Gasteiger partial charge in [-0.3, -0.25) is 0 Å². The Morgan fingerprint density at radius 2 is 0.866 bits per heavy atom. The topological polar surface area (TPSA) is 11.4 Å². The minimum atomic E-state index is -0.587. The quantitative estimate of drug-likeness (QED) is 0.158. The van der Waals surface area contributed by atoms with Crippen LogP contribution in [0, 0.1) is 0 Å². The molecule has 2 aliphatic carbocycles. The van der Waals surface area contributed by atoms with Gasteiger partial charge in [0, 0.05) is 59.9 Å². The number of rotatable bonds is 7. The van der Waals surface area contributed by atoms with Gasteiger partial charge in [-0.2, -0.15) is 0 Å². The molecule has 10 aromatic carbocycles. The molecular weight excluding hydrogens is 831 g/mol. The largest absolute Gasteiger partial charge is 0.310 e. The molecule has 12 aromatic rings. The van der Waals surface area contributed by atoms with Crippen molar-refractivity contribution in [3.05, 3.63) is 271 Å². The zero-order valence-corrected chi connectivity index (χ0v) is 37.2. The number of hydrogen-bond acceptors (Lipinski definition) is 3. The fourth-order valence-electron chi connectivity index (χ4n) is 11.6. The minimum absolute atomic E-state index is 0.587. The van der Waals surface area contributed by atoms with Crippen LogP contribution in [-0.4, -0.2) is 4.57 Å². The summed E-state index contributed by atoms with van der Waals surface area (Å²) in [7, 11) is 0. The van der Waals surface area contributed by atoms with Gasteiger partial charge < -0.3 is 14.4 Å². The molecule has 0 saturated heterocycles. The van der Waals surface area contributed by atoms with Crippen LogP contribution in [0.1, 0.15) is 22.3 Å². The average Bonchev–Trinajstić information content (AvgIpc) is 4.11. The van der Waals surface area contributed by atoms with Crippen molar-refractivity contribution in [3.63, 3.8) is 0 Å². The molecule has 1 unspecified atom stereocenters. The molecule has 1 spiro atoms. The second kappa shape index (κ2) is 14.8. The van der Waals surface area contributed by atoms with Gasteiger partial charge in [0.15, 0.2) is 0 Å². The molecule has 0 bridgehead atoms. The molecule has 0 radical (unpaired) electrons. The molecule has 3 nitrogen and oxygen atoms in total. The molecule has 0 aliphatic heterocycles. The Morgan fingerprint density at radius 1 is 0.358 bits per heavy atom. The Balaban J connectivity index is 1.06. The van der Waals surface area contributed by atoms with E-state index in [0.717, 1.165) is 34.1 Å². The van der Waals surface area contributed by atoms with Crippen molar-refractivity contribution in [2.24, 2.45) is 0 Å². The smallest absolute Gasteiger partial charge is 0.0741 e. The fraction of sp³-hybridized carbons (Fsp3) is 0.0159. The van der Waals surface area contributed by atoms with Crippen LogP contribution < -0.4 is 9.80 Å². The molecule has 0 N–H and O–H groups in total. The normalized spacial score (nSPS) is 14.3. The Morgan fingerprint density at radius 3 is 1.55 bits per heavy atom. The van der Waals surface area contributed by atoms with Gasteiger partial charge in [0.25, 0.3) is 0 Å². The van der Waals surface area contributed by atoms with Crippen molar-refractivity contribution >= 4 is 77.4 Å². The molecule has 4 heteroatoms. The summed E-state index contributed by atoms with van der Waals surface area (Å²) in [5.74, 6) is 0. The molecule has 314 valence electrons. The summed E-state index contributed by atoms with van der Waals surface area (Å²) in [6, 6.07) is 91.5. The van der Waals surface area contributed by atoms with Gasteiger partial charge in [0.2, 0.25) is 0 Å². The number of hydrogen-bond donors (Lipinski definition) is 0. The highest BCUT2D eigenvalue weighted by Crippen LogP contribution is 2.69. The van der Waals surface area contributed by atoms with E-state index in [9.17, 15) is 0 Å². The summed E-state index contributed by atoms with van der Waals surface area (Å²) < 4.78 is 3.69. The van der Waals surface area contributed by atoms with E-state index < -0.39 is 5.41 Å². The lowest BCUT2D eigenvalue weighted by molar-refractivity contribution is 0.802. The number of nitrogens with zero attached hydrogens (tertiary/aromatic N) is 3. The Kier molecular flexibility index (Phi) is 8.37. The first kappa shape index (κ1) is 37.9. The molecule has 67 heavy (non-hydrogen) atoms. The van der Waals surface area contributed by atoms with Crippen molar-refractivity contribution in [1.82, 2.24) is 4.57 Å². The summed E-state index contributed by atoms with van der Waals surface area (Å²) in [5, 5.41) is 3.76.